The molecule has 6 heteroatoms. The Labute approximate surface area is 117 Å². The summed E-state index contributed by atoms with van der Waals surface area (Å²) in [5, 5.41) is 2.99. The number of nitrogens with one attached hydrogen (secondary N) is 1. The molecule has 1 saturated carbocycles. The van der Waals surface area contributed by atoms with E-state index < -0.39 is 5.60 Å². The van der Waals surface area contributed by atoms with Crippen LogP contribution in [0.2, 0.25) is 0 Å². The van der Waals surface area contributed by atoms with Crippen molar-refractivity contribution in [3.05, 3.63) is 0 Å². The number of carbonyl (C=O) groups is 2. The van der Waals surface area contributed by atoms with Gasteiger partial charge >= 0.3 is 6.09 Å². The molecule has 4 nitrogen and oxygen atoms in total. The maximum absolute atomic E-state index is 11.6. The highest BCUT2D eigenvalue weighted by Crippen LogP contribution is 2.29. The fraction of sp³-hybridized carbons (Fsp3) is 0.833. The average molecular weight is 291 g/mol. The monoisotopic (exact) mass is 291 g/mol. The van der Waals surface area contributed by atoms with Gasteiger partial charge in [-0.05, 0) is 57.2 Å². The average Bonchev–Trinajstić information content (AvgIpc) is 2.26. The molecule has 1 rings (SSSR count). The molecule has 0 aliphatic heterocycles. The minimum absolute atomic E-state index is 0.0872. The van der Waals surface area contributed by atoms with E-state index >= 15 is 0 Å². The van der Waals surface area contributed by atoms with Gasteiger partial charge in [0.15, 0.2) is 0 Å². The van der Waals surface area contributed by atoms with Gasteiger partial charge in [-0.15, -0.1) is 11.7 Å². The lowest BCUT2D eigenvalue weighted by molar-refractivity contribution is -0.115. The summed E-state index contributed by atoms with van der Waals surface area (Å²) < 4.78 is 5.20. The maximum atomic E-state index is 11.6. The van der Waals surface area contributed by atoms with Gasteiger partial charge in [0.25, 0.3) is 0 Å². The van der Waals surface area contributed by atoms with Crippen LogP contribution in [0.1, 0.15) is 46.5 Å². The van der Waals surface area contributed by atoms with Crippen LogP contribution in [0.4, 0.5) is 4.79 Å². The third-order valence-electron chi connectivity index (χ3n) is 2.87. The Morgan fingerprint density at radius 1 is 1.22 bits per heavy atom. The predicted molar refractivity (Wildman–Crippen MR) is 76.7 cm³/mol. The maximum Gasteiger partial charge on any atom is 0.407 e. The number of thiol groups is 1. The Balaban J connectivity index is 2.31. The number of rotatable bonds is 2. The predicted octanol–water partition coefficient (Wildman–Crippen LogP) is 3.17. The summed E-state index contributed by atoms with van der Waals surface area (Å²) in [5.41, 5.74) is -0.472. The topological polar surface area (TPSA) is 55.4 Å². The molecule has 0 aromatic heterocycles. The molecule has 0 atom stereocenters. The highest BCUT2D eigenvalue weighted by molar-refractivity contribution is 8.74. The van der Waals surface area contributed by atoms with E-state index in [1.54, 1.807) is 0 Å². The lowest BCUT2D eigenvalue weighted by Crippen LogP contribution is -2.41. The molecule has 1 aliphatic carbocycles. The molecule has 1 aliphatic rings. The molecule has 0 heterocycles. The minimum atomic E-state index is -0.472. The molecule has 104 valence electrons. The first-order valence-corrected chi connectivity index (χ1v) is 8.03. The Bertz CT molecular complexity index is 307. The van der Waals surface area contributed by atoms with Crippen LogP contribution in [0.5, 0.6) is 0 Å². The molecule has 0 aromatic rings. The van der Waals surface area contributed by atoms with Crippen LogP contribution < -0.4 is 5.32 Å². The lowest BCUT2D eigenvalue weighted by Gasteiger charge is -2.28. The van der Waals surface area contributed by atoms with Crippen molar-refractivity contribution in [3.8, 4) is 0 Å². The minimum Gasteiger partial charge on any atom is -0.444 e. The van der Waals surface area contributed by atoms with Crippen LogP contribution in [0.25, 0.3) is 0 Å². The van der Waals surface area contributed by atoms with Gasteiger partial charge < -0.3 is 10.1 Å². The summed E-state index contributed by atoms with van der Waals surface area (Å²) >= 11 is 3.93. The first kappa shape index (κ1) is 15.7. The molecule has 0 saturated heterocycles. The van der Waals surface area contributed by atoms with Crippen LogP contribution in [0.15, 0.2) is 0 Å². The van der Waals surface area contributed by atoms with Crippen molar-refractivity contribution in [3.63, 3.8) is 0 Å². The van der Waals surface area contributed by atoms with Gasteiger partial charge in [-0.3, -0.25) is 4.79 Å². The van der Waals surface area contributed by atoms with E-state index in [1.807, 2.05) is 20.8 Å². The van der Waals surface area contributed by atoms with E-state index in [9.17, 15) is 9.59 Å². The largest absolute Gasteiger partial charge is 0.444 e. The van der Waals surface area contributed by atoms with E-state index in [2.05, 4.69) is 17.0 Å². The van der Waals surface area contributed by atoms with E-state index in [0.717, 1.165) is 36.5 Å². The summed E-state index contributed by atoms with van der Waals surface area (Å²) in [6, 6.07) is 0.119. The van der Waals surface area contributed by atoms with Crippen molar-refractivity contribution < 1.29 is 14.3 Å². The van der Waals surface area contributed by atoms with Crippen LogP contribution >= 0.6 is 22.5 Å². The standard InChI is InChI=1S/C12H21NO3S2/c1-12(2,3)16-11(15)13-9-6-4-8(5-7-9)10(14)18-17/h8-9,17H,4-7H2,1-3H3,(H,13,15). The summed E-state index contributed by atoms with van der Waals surface area (Å²) in [5.74, 6) is 0.0872. The number of alkyl carbamates (subject to hydrolysis) is 1. The summed E-state index contributed by atoms with van der Waals surface area (Å²) in [4.78, 5) is 23.0. The summed E-state index contributed by atoms with van der Waals surface area (Å²) in [7, 11) is 0.998. The van der Waals surface area contributed by atoms with E-state index in [0.29, 0.717) is 0 Å². The number of hydrogen-bond acceptors (Lipinski definition) is 5. The van der Waals surface area contributed by atoms with Crippen molar-refractivity contribution in [2.75, 3.05) is 0 Å². The fourth-order valence-corrected chi connectivity index (χ4v) is 2.85. The summed E-state index contributed by atoms with van der Waals surface area (Å²) in [6.07, 6.45) is 2.90. The normalized spacial score (nSPS) is 24.4. The summed E-state index contributed by atoms with van der Waals surface area (Å²) in [6.45, 7) is 5.52. The molecular formula is C12H21NO3S2. The zero-order valence-corrected chi connectivity index (χ0v) is 12.8. The van der Waals surface area contributed by atoms with Gasteiger partial charge in [0, 0.05) is 12.0 Å². The second-order valence-corrected chi connectivity index (χ2v) is 6.74. The second-order valence-electron chi connectivity index (χ2n) is 5.61. The molecule has 0 radical (unpaired) electrons. The van der Waals surface area contributed by atoms with Gasteiger partial charge in [0.2, 0.25) is 5.12 Å². The van der Waals surface area contributed by atoms with Crippen molar-refractivity contribution in [1.82, 2.24) is 5.32 Å². The van der Waals surface area contributed by atoms with Crippen molar-refractivity contribution in [2.24, 2.45) is 5.92 Å². The van der Waals surface area contributed by atoms with Crippen molar-refractivity contribution in [1.29, 1.82) is 0 Å². The fourth-order valence-electron chi connectivity index (χ4n) is 2.02. The number of amides is 1. The van der Waals surface area contributed by atoms with Crippen LogP contribution in [-0.4, -0.2) is 22.9 Å². The molecule has 0 spiro atoms. The van der Waals surface area contributed by atoms with E-state index in [-0.39, 0.29) is 23.2 Å². The van der Waals surface area contributed by atoms with Gasteiger partial charge in [-0.2, -0.15) is 0 Å². The highest BCUT2D eigenvalue weighted by atomic mass is 33.1. The van der Waals surface area contributed by atoms with Gasteiger partial charge in [0.05, 0.1) is 0 Å². The smallest absolute Gasteiger partial charge is 0.407 e. The quantitative estimate of drug-likeness (QED) is 0.606. The SMILES string of the molecule is CC(C)(C)OC(=O)NC1CCC(C(=O)SS)CC1. The van der Waals surface area contributed by atoms with Crippen LogP contribution in [-0.2, 0) is 9.53 Å². The Kier molecular flexibility index (Phi) is 5.85. The van der Waals surface area contributed by atoms with Gasteiger partial charge in [-0.1, -0.05) is 0 Å². The van der Waals surface area contributed by atoms with Crippen LogP contribution in [0, 0.1) is 5.92 Å². The molecule has 0 bridgehead atoms. The number of ether oxygens (including phenoxy) is 1. The zero-order chi connectivity index (χ0) is 13.8. The molecule has 18 heavy (non-hydrogen) atoms. The lowest BCUT2D eigenvalue weighted by atomic mass is 9.87. The first-order chi connectivity index (χ1) is 8.31. The van der Waals surface area contributed by atoms with Crippen molar-refractivity contribution >= 4 is 33.7 Å². The van der Waals surface area contributed by atoms with Gasteiger partial charge in [-0.25, -0.2) is 4.79 Å². The van der Waals surface area contributed by atoms with Crippen molar-refractivity contribution in [2.45, 2.75) is 58.1 Å². The Morgan fingerprint density at radius 3 is 2.22 bits per heavy atom. The Morgan fingerprint density at radius 2 is 1.78 bits per heavy atom. The zero-order valence-electron chi connectivity index (χ0n) is 11.1. The van der Waals surface area contributed by atoms with E-state index in [4.69, 9.17) is 4.74 Å². The van der Waals surface area contributed by atoms with E-state index in [1.165, 1.54) is 0 Å². The molecule has 1 amide bonds. The first-order valence-electron chi connectivity index (χ1n) is 6.16. The van der Waals surface area contributed by atoms with Crippen LogP contribution in [0.3, 0.4) is 0 Å². The third kappa shape index (κ3) is 5.52. The highest BCUT2D eigenvalue weighted by Gasteiger charge is 2.27. The third-order valence-corrected chi connectivity index (χ3v) is 3.92. The number of hydrogen-bond donors (Lipinski definition) is 2. The molecule has 0 unspecified atom stereocenters. The Hall–Kier alpha value is -0.360. The molecular weight excluding hydrogens is 270 g/mol. The number of carbonyl (C=O) groups excluding carboxylic acids is 2. The van der Waals surface area contributed by atoms with Gasteiger partial charge in [0.1, 0.15) is 5.60 Å². The molecule has 1 fully saturated rings. The second kappa shape index (κ2) is 6.70. The molecule has 0 aromatic carbocycles. The molecule has 1 N–H and O–H groups in total.